The average molecular weight is 234 g/mol. The maximum Gasteiger partial charge on any atom is 0.0412 e. The predicted octanol–water partition coefficient (Wildman–Crippen LogP) is 3.23. The third kappa shape index (κ3) is 1.50. The highest BCUT2D eigenvalue weighted by molar-refractivity contribution is 6.30. The molecule has 1 aliphatic carbocycles. The number of halogens is 1. The molecule has 0 aromatic heterocycles. The summed E-state index contributed by atoms with van der Waals surface area (Å²) in [6, 6.07) is 6.32. The molecule has 1 unspecified atom stereocenters. The molecule has 2 heteroatoms. The fraction of sp³-hybridized carbons (Fsp3) is 0.429. The lowest BCUT2D eigenvalue weighted by Crippen LogP contribution is -2.16. The summed E-state index contributed by atoms with van der Waals surface area (Å²) in [5.74, 6) is 0.735. The molecule has 1 fully saturated rings. The molecule has 0 amide bonds. The molecular formula is C14H16ClN. The molecule has 1 aromatic rings. The zero-order valence-electron chi connectivity index (χ0n) is 9.76. The maximum absolute atomic E-state index is 6.08. The first kappa shape index (κ1) is 10.4. The van der Waals surface area contributed by atoms with Crippen LogP contribution in [-0.4, -0.2) is 25.0 Å². The number of fused-ring (bicyclic) bond motifs is 2. The van der Waals surface area contributed by atoms with Gasteiger partial charge in [0.05, 0.1) is 0 Å². The minimum absolute atomic E-state index is 0.735. The van der Waals surface area contributed by atoms with Crippen molar-refractivity contribution in [3.63, 3.8) is 0 Å². The van der Waals surface area contributed by atoms with Crippen molar-refractivity contribution in [1.82, 2.24) is 4.90 Å². The number of hydrogen-bond donors (Lipinski definition) is 0. The molecule has 1 saturated heterocycles. The van der Waals surface area contributed by atoms with Crippen LogP contribution >= 0.6 is 11.6 Å². The first-order chi connectivity index (χ1) is 7.65. The molecule has 1 aliphatic heterocycles. The van der Waals surface area contributed by atoms with Crippen LogP contribution in [0.25, 0.3) is 5.57 Å². The summed E-state index contributed by atoms with van der Waals surface area (Å²) in [6.07, 6.45) is 1.18. The van der Waals surface area contributed by atoms with Crippen LogP contribution in [0.2, 0.25) is 5.02 Å². The summed E-state index contributed by atoms with van der Waals surface area (Å²) < 4.78 is 0. The molecule has 0 radical (unpaired) electrons. The van der Waals surface area contributed by atoms with Crippen molar-refractivity contribution in [1.29, 1.82) is 0 Å². The quantitative estimate of drug-likeness (QED) is 0.665. The molecule has 0 bridgehead atoms. The van der Waals surface area contributed by atoms with E-state index in [-0.39, 0.29) is 0 Å². The van der Waals surface area contributed by atoms with Gasteiger partial charge < -0.3 is 4.90 Å². The van der Waals surface area contributed by atoms with Gasteiger partial charge in [-0.3, -0.25) is 0 Å². The van der Waals surface area contributed by atoms with E-state index in [0.29, 0.717) is 0 Å². The van der Waals surface area contributed by atoms with Crippen molar-refractivity contribution in [2.75, 3.05) is 20.1 Å². The second-order valence-electron chi connectivity index (χ2n) is 5.05. The Labute approximate surface area is 102 Å². The third-order valence-electron chi connectivity index (χ3n) is 3.89. The summed E-state index contributed by atoms with van der Waals surface area (Å²) in [6.45, 7) is 4.58. The molecular weight excluding hydrogens is 218 g/mol. The van der Waals surface area contributed by atoms with Crippen LogP contribution in [0.1, 0.15) is 18.1 Å². The van der Waals surface area contributed by atoms with Crippen LogP contribution in [0, 0.1) is 5.92 Å². The Morgan fingerprint density at radius 1 is 1.38 bits per heavy atom. The van der Waals surface area contributed by atoms with Gasteiger partial charge in [-0.15, -0.1) is 0 Å². The lowest BCUT2D eigenvalue weighted by Gasteiger charge is -2.24. The first-order valence-corrected chi connectivity index (χ1v) is 6.20. The van der Waals surface area contributed by atoms with E-state index in [4.69, 9.17) is 11.6 Å². The van der Waals surface area contributed by atoms with E-state index in [1.165, 1.54) is 29.7 Å². The summed E-state index contributed by atoms with van der Waals surface area (Å²) in [5, 5.41) is 0.850. The Kier molecular flexibility index (Phi) is 2.34. The second kappa shape index (κ2) is 3.61. The standard InChI is InChI=1S/C14H16ClN/c1-9-13-6-12(15)4-3-10(13)5-11-7-16(2)8-14(9)11/h3-4,6,11H,5,7-8H2,1-2H3. The molecule has 16 heavy (non-hydrogen) atoms. The van der Waals surface area contributed by atoms with E-state index >= 15 is 0 Å². The first-order valence-electron chi connectivity index (χ1n) is 5.82. The van der Waals surface area contributed by atoms with Gasteiger partial charge in [0.25, 0.3) is 0 Å². The second-order valence-corrected chi connectivity index (χ2v) is 5.49. The van der Waals surface area contributed by atoms with Crippen LogP contribution in [0.3, 0.4) is 0 Å². The normalized spacial score (nSPS) is 24.6. The Balaban J connectivity index is 2.13. The van der Waals surface area contributed by atoms with Gasteiger partial charge in [-0.05, 0) is 60.7 Å². The monoisotopic (exact) mass is 233 g/mol. The highest BCUT2D eigenvalue weighted by Gasteiger charge is 2.31. The Morgan fingerprint density at radius 3 is 3.00 bits per heavy atom. The molecule has 1 nitrogen and oxygen atoms in total. The maximum atomic E-state index is 6.08. The van der Waals surface area contributed by atoms with Crippen LogP contribution in [0.4, 0.5) is 0 Å². The summed E-state index contributed by atoms with van der Waals surface area (Å²) in [5.41, 5.74) is 5.91. The van der Waals surface area contributed by atoms with E-state index in [1.54, 1.807) is 5.57 Å². The number of rotatable bonds is 0. The number of hydrogen-bond acceptors (Lipinski definition) is 1. The number of likely N-dealkylation sites (N-methyl/N-ethyl adjacent to an activating group) is 1. The van der Waals surface area contributed by atoms with Crippen molar-refractivity contribution in [2.45, 2.75) is 13.3 Å². The Hall–Kier alpha value is -0.790. The number of nitrogens with zero attached hydrogens (tertiary/aromatic N) is 1. The van der Waals surface area contributed by atoms with Crippen LogP contribution < -0.4 is 0 Å². The third-order valence-corrected chi connectivity index (χ3v) is 4.12. The van der Waals surface area contributed by atoms with Gasteiger partial charge in [0, 0.05) is 18.1 Å². The van der Waals surface area contributed by atoms with Crippen molar-refractivity contribution in [2.24, 2.45) is 5.92 Å². The van der Waals surface area contributed by atoms with Crippen LogP contribution in [0.5, 0.6) is 0 Å². The lowest BCUT2D eigenvalue weighted by atomic mass is 9.81. The van der Waals surface area contributed by atoms with Gasteiger partial charge in [-0.25, -0.2) is 0 Å². The Bertz CT molecular complexity index is 476. The van der Waals surface area contributed by atoms with Gasteiger partial charge in [0.1, 0.15) is 0 Å². The molecule has 84 valence electrons. The molecule has 0 spiro atoms. The van der Waals surface area contributed by atoms with E-state index in [2.05, 4.69) is 31.0 Å². The van der Waals surface area contributed by atoms with Gasteiger partial charge in [-0.1, -0.05) is 17.7 Å². The predicted molar refractivity (Wildman–Crippen MR) is 68.7 cm³/mol. The van der Waals surface area contributed by atoms with E-state index in [1.807, 2.05) is 6.07 Å². The highest BCUT2D eigenvalue weighted by atomic mass is 35.5. The summed E-state index contributed by atoms with van der Waals surface area (Å²) in [4.78, 5) is 2.41. The highest BCUT2D eigenvalue weighted by Crippen LogP contribution is 2.39. The van der Waals surface area contributed by atoms with Gasteiger partial charge in [0.2, 0.25) is 0 Å². The van der Waals surface area contributed by atoms with Crippen LogP contribution in [-0.2, 0) is 6.42 Å². The SMILES string of the molecule is CC1=C2CN(C)CC2Cc2ccc(Cl)cc21. The lowest BCUT2D eigenvalue weighted by molar-refractivity contribution is 0.394. The molecule has 2 aliphatic rings. The fourth-order valence-electron chi connectivity index (χ4n) is 3.10. The molecule has 0 N–H and O–H groups in total. The van der Waals surface area contributed by atoms with E-state index < -0.39 is 0 Å². The topological polar surface area (TPSA) is 3.24 Å². The zero-order chi connectivity index (χ0) is 11.3. The Morgan fingerprint density at radius 2 is 2.19 bits per heavy atom. The fourth-order valence-corrected chi connectivity index (χ4v) is 3.27. The van der Waals surface area contributed by atoms with E-state index in [9.17, 15) is 0 Å². The molecule has 3 rings (SSSR count). The van der Waals surface area contributed by atoms with Crippen molar-refractivity contribution in [3.8, 4) is 0 Å². The smallest absolute Gasteiger partial charge is 0.0412 e. The number of likely N-dealkylation sites (tertiary alicyclic amines) is 1. The molecule has 1 heterocycles. The van der Waals surface area contributed by atoms with Crippen molar-refractivity contribution >= 4 is 17.2 Å². The largest absolute Gasteiger partial charge is 0.302 e. The van der Waals surface area contributed by atoms with Crippen LogP contribution in [0.15, 0.2) is 23.8 Å². The van der Waals surface area contributed by atoms with Gasteiger partial charge >= 0.3 is 0 Å². The van der Waals surface area contributed by atoms with Crippen molar-refractivity contribution < 1.29 is 0 Å². The minimum atomic E-state index is 0.735. The number of allylic oxidation sites excluding steroid dienone is 1. The average Bonchev–Trinajstić information content (AvgIpc) is 2.61. The van der Waals surface area contributed by atoms with Crippen molar-refractivity contribution in [3.05, 3.63) is 39.9 Å². The van der Waals surface area contributed by atoms with Gasteiger partial charge in [-0.2, -0.15) is 0 Å². The molecule has 0 saturated carbocycles. The molecule has 1 atom stereocenters. The van der Waals surface area contributed by atoms with E-state index in [0.717, 1.165) is 17.5 Å². The zero-order valence-corrected chi connectivity index (χ0v) is 10.5. The summed E-state index contributed by atoms with van der Waals surface area (Å²) in [7, 11) is 2.20. The van der Waals surface area contributed by atoms with Gasteiger partial charge in [0.15, 0.2) is 0 Å². The summed E-state index contributed by atoms with van der Waals surface area (Å²) >= 11 is 6.08. The minimum Gasteiger partial charge on any atom is -0.302 e. The molecule has 1 aromatic carbocycles. The number of benzene rings is 1.